The van der Waals surface area contributed by atoms with Crippen LogP contribution in [0, 0.1) is 0 Å². The largest absolute Gasteiger partial charge is 0.495 e. The molecule has 0 bridgehead atoms. The quantitative estimate of drug-likeness (QED) is 0.911. The molecule has 3 rings (SSSR count). The molecular weight excluding hydrogens is 298 g/mol. The van der Waals surface area contributed by atoms with Crippen molar-refractivity contribution in [1.82, 2.24) is 0 Å². The Morgan fingerprint density at radius 2 is 2.09 bits per heavy atom. The lowest BCUT2D eigenvalue weighted by atomic mass is 9.82. The maximum absolute atomic E-state index is 12.7. The van der Waals surface area contributed by atoms with Crippen LogP contribution in [0.4, 0.5) is 5.69 Å². The van der Waals surface area contributed by atoms with E-state index < -0.39 is 0 Å². The highest BCUT2D eigenvalue weighted by molar-refractivity contribution is 6.31. The minimum atomic E-state index is -0.117. The summed E-state index contributed by atoms with van der Waals surface area (Å²) < 4.78 is 5.28. The molecule has 0 aromatic heterocycles. The van der Waals surface area contributed by atoms with Crippen molar-refractivity contribution in [2.75, 3.05) is 12.4 Å². The molecule has 0 unspecified atom stereocenters. The van der Waals surface area contributed by atoms with Crippen LogP contribution < -0.4 is 10.1 Å². The molecule has 0 radical (unpaired) electrons. The Hall–Kier alpha value is -2.00. The predicted octanol–water partition coefficient (Wildman–Crippen LogP) is 4.41. The Kier molecular flexibility index (Phi) is 4.34. The predicted molar refractivity (Wildman–Crippen MR) is 88.8 cm³/mol. The topological polar surface area (TPSA) is 38.3 Å². The van der Waals surface area contributed by atoms with Crippen LogP contribution in [0.3, 0.4) is 0 Å². The second-order valence-corrected chi connectivity index (χ2v) is 5.91. The summed E-state index contributed by atoms with van der Waals surface area (Å²) in [5, 5.41) is 3.53. The zero-order valence-corrected chi connectivity index (χ0v) is 13.2. The highest BCUT2D eigenvalue weighted by atomic mass is 35.5. The standard InChI is InChI=1S/C18H18ClNO2/c1-22-17-10-9-13(19)11-16(17)20-18(21)15-8-4-6-12-5-2-3-7-14(12)15/h2-3,5,7,9-11,15H,4,6,8H2,1H3,(H,20,21)/t15-/m0/s1. The number of hydrogen-bond acceptors (Lipinski definition) is 2. The maximum atomic E-state index is 12.7. The minimum absolute atomic E-state index is 0.00674. The summed E-state index contributed by atoms with van der Waals surface area (Å²) in [6, 6.07) is 13.4. The van der Waals surface area contributed by atoms with E-state index >= 15 is 0 Å². The van der Waals surface area contributed by atoms with Gasteiger partial charge in [0.05, 0.1) is 18.7 Å². The molecule has 0 saturated heterocycles. The van der Waals surface area contributed by atoms with Crippen LogP contribution >= 0.6 is 11.6 Å². The number of methoxy groups -OCH3 is 1. The Morgan fingerprint density at radius 3 is 2.91 bits per heavy atom. The summed E-state index contributed by atoms with van der Waals surface area (Å²) in [7, 11) is 1.58. The molecule has 1 aliphatic carbocycles. The van der Waals surface area contributed by atoms with E-state index in [1.807, 2.05) is 18.2 Å². The van der Waals surface area contributed by atoms with Crippen LogP contribution in [-0.2, 0) is 11.2 Å². The van der Waals surface area contributed by atoms with E-state index in [-0.39, 0.29) is 11.8 Å². The van der Waals surface area contributed by atoms with Gasteiger partial charge in [-0.25, -0.2) is 0 Å². The highest BCUT2D eigenvalue weighted by Crippen LogP contribution is 2.34. The van der Waals surface area contributed by atoms with Crippen molar-refractivity contribution in [3.8, 4) is 5.75 Å². The van der Waals surface area contributed by atoms with Gasteiger partial charge in [-0.15, -0.1) is 0 Å². The molecule has 3 nitrogen and oxygen atoms in total. The number of aryl methyl sites for hydroxylation is 1. The third kappa shape index (κ3) is 2.95. The smallest absolute Gasteiger partial charge is 0.232 e. The summed E-state index contributed by atoms with van der Waals surface area (Å²) in [4.78, 5) is 12.7. The lowest BCUT2D eigenvalue weighted by Gasteiger charge is -2.25. The number of ether oxygens (including phenoxy) is 1. The number of anilines is 1. The Bertz CT molecular complexity index is 699. The molecule has 0 spiro atoms. The van der Waals surface area contributed by atoms with Crippen LogP contribution in [0.25, 0.3) is 0 Å². The van der Waals surface area contributed by atoms with Gasteiger partial charge in [-0.3, -0.25) is 4.79 Å². The molecule has 0 saturated carbocycles. The van der Waals surface area contributed by atoms with Crippen LogP contribution in [0.5, 0.6) is 5.75 Å². The first-order valence-electron chi connectivity index (χ1n) is 7.41. The van der Waals surface area contributed by atoms with Gasteiger partial charge >= 0.3 is 0 Å². The van der Waals surface area contributed by atoms with Crippen molar-refractivity contribution in [3.05, 3.63) is 58.6 Å². The van der Waals surface area contributed by atoms with Gasteiger partial charge in [0.1, 0.15) is 5.75 Å². The number of carbonyl (C=O) groups excluding carboxylic acids is 1. The van der Waals surface area contributed by atoms with Crippen molar-refractivity contribution < 1.29 is 9.53 Å². The zero-order valence-electron chi connectivity index (χ0n) is 12.4. The van der Waals surface area contributed by atoms with E-state index in [0.717, 1.165) is 24.8 Å². The maximum Gasteiger partial charge on any atom is 0.232 e. The molecule has 2 aromatic rings. The lowest BCUT2D eigenvalue weighted by molar-refractivity contribution is -0.117. The molecule has 0 aliphatic heterocycles. The van der Waals surface area contributed by atoms with E-state index in [0.29, 0.717) is 16.5 Å². The summed E-state index contributed by atoms with van der Waals surface area (Å²) in [6.45, 7) is 0. The van der Waals surface area contributed by atoms with Gasteiger partial charge in [0, 0.05) is 5.02 Å². The molecule has 0 fully saturated rings. The number of nitrogens with one attached hydrogen (secondary N) is 1. The molecule has 2 aromatic carbocycles. The number of hydrogen-bond donors (Lipinski definition) is 1. The van der Waals surface area contributed by atoms with Gasteiger partial charge in [0.25, 0.3) is 0 Å². The van der Waals surface area contributed by atoms with Crippen LogP contribution in [0.15, 0.2) is 42.5 Å². The van der Waals surface area contributed by atoms with E-state index in [1.54, 1.807) is 25.3 Å². The SMILES string of the molecule is COc1ccc(Cl)cc1NC(=O)[C@H]1CCCc2ccccc21. The van der Waals surface area contributed by atoms with E-state index in [9.17, 15) is 4.79 Å². The molecule has 1 N–H and O–H groups in total. The van der Waals surface area contributed by atoms with Crippen molar-refractivity contribution in [2.45, 2.75) is 25.2 Å². The highest BCUT2D eigenvalue weighted by Gasteiger charge is 2.26. The molecule has 0 heterocycles. The number of carbonyl (C=O) groups is 1. The van der Waals surface area contributed by atoms with Gasteiger partial charge in [0.15, 0.2) is 0 Å². The van der Waals surface area contributed by atoms with Crippen LogP contribution in [0.2, 0.25) is 5.02 Å². The molecule has 1 aliphatic rings. The average molecular weight is 316 g/mol. The zero-order chi connectivity index (χ0) is 15.5. The molecule has 22 heavy (non-hydrogen) atoms. The van der Waals surface area contributed by atoms with Gasteiger partial charge in [-0.1, -0.05) is 35.9 Å². The monoisotopic (exact) mass is 315 g/mol. The van der Waals surface area contributed by atoms with Crippen molar-refractivity contribution >= 4 is 23.2 Å². The minimum Gasteiger partial charge on any atom is -0.495 e. The number of amides is 1. The fraction of sp³-hybridized carbons (Fsp3) is 0.278. The Balaban J connectivity index is 1.86. The Morgan fingerprint density at radius 1 is 1.27 bits per heavy atom. The van der Waals surface area contributed by atoms with Gasteiger partial charge in [0.2, 0.25) is 5.91 Å². The first-order valence-corrected chi connectivity index (χ1v) is 7.79. The Labute approximate surface area is 135 Å². The second-order valence-electron chi connectivity index (χ2n) is 5.48. The van der Waals surface area contributed by atoms with Gasteiger partial charge in [-0.05, 0) is 48.6 Å². The summed E-state index contributed by atoms with van der Waals surface area (Å²) in [5.74, 6) is 0.489. The average Bonchev–Trinajstić information content (AvgIpc) is 2.54. The summed E-state index contributed by atoms with van der Waals surface area (Å²) >= 11 is 6.02. The molecule has 1 atom stereocenters. The van der Waals surface area contributed by atoms with E-state index in [2.05, 4.69) is 11.4 Å². The molecule has 1 amide bonds. The number of fused-ring (bicyclic) bond motifs is 1. The van der Waals surface area contributed by atoms with Crippen LogP contribution in [0.1, 0.15) is 29.9 Å². The third-order valence-electron chi connectivity index (χ3n) is 4.11. The second kappa shape index (κ2) is 6.41. The fourth-order valence-corrected chi connectivity index (χ4v) is 3.20. The lowest BCUT2D eigenvalue weighted by Crippen LogP contribution is -2.24. The fourth-order valence-electron chi connectivity index (χ4n) is 3.02. The van der Waals surface area contributed by atoms with Crippen LogP contribution in [-0.4, -0.2) is 13.0 Å². The number of benzene rings is 2. The summed E-state index contributed by atoms with van der Waals surface area (Å²) in [6.07, 6.45) is 2.94. The first-order chi connectivity index (χ1) is 10.7. The van der Waals surface area contributed by atoms with Crippen molar-refractivity contribution in [2.24, 2.45) is 0 Å². The van der Waals surface area contributed by atoms with E-state index in [4.69, 9.17) is 16.3 Å². The van der Waals surface area contributed by atoms with Gasteiger partial charge in [-0.2, -0.15) is 0 Å². The van der Waals surface area contributed by atoms with Crippen molar-refractivity contribution in [3.63, 3.8) is 0 Å². The third-order valence-corrected chi connectivity index (χ3v) is 4.34. The molecule has 4 heteroatoms. The van der Waals surface area contributed by atoms with E-state index in [1.165, 1.54) is 5.56 Å². The van der Waals surface area contributed by atoms with Crippen molar-refractivity contribution in [1.29, 1.82) is 0 Å². The number of rotatable bonds is 3. The summed E-state index contributed by atoms with van der Waals surface area (Å²) in [5.41, 5.74) is 3.02. The first kappa shape index (κ1) is 14.9. The number of halogens is 1. The van der Waals surface area contributed by atoms with Gasteiger partial charge < -0.3 is 10.1 Å². The molecule has 114 valence electrons. The molecular formula is C18H18ClNO2. The normalized spacial score (nSPS) is 16.7.